The van der Waals surface area contributed by atoms with Gasteiger partial charge in [0.25, 0.3) is 5.91 Å². The van der Waals surface area contributed by atoms with Gasteiger partial charge in [0.15, 0.2) is 0 Å². The Morgan fingerprint density at radius 2 is 1.89 bits per heavy atom. The fraction of sp³-hybridized carbons (Fsp3) is 0.619. The molecule has 0 saturated carbocycles. The van der Waals surface area contributed by atoms with E-state index in [2.05, 4.69) is 19.2 Å². The summed E-state index contributed by atoms with van der Waals surface area (Å²) >= 11 is 1.65. The Bertz CT molecular complexity index is 677. The van der Waals surface area contributed by atoms with Crippen molar-refractivity contribution in [2.75, 3.05) is 31.9 Å². The molecule has 3 rings (SSSR count). The van der Waals surface area contributed by atoms with Gasteiger partial charge in [-0.3, -0.25) is 9.59 Å². The van der Waals surface area contributed by atoms with Crippen molar-refractivity contribution in [3.63, 3.8) is 0 Å². The zero-order valence-corrected chi connectivity index (χ0v) is 17.6. The second kappa shape index (κ2) is 9.74. The summed E-state index contributed by atoms with van der Waals surface area (Å²) in [6.07, 6.45) is 3.84. The Morgan fingerprint density at radius 3 is 2.54 bits per heavy atom. The Morgan fingerprint density at radius 1 is 1.21 bits per heavy atom. The lowest BCUT2D eigenvalue weighted by molar-refractivity contribution is -0.903. The van der Waals surface area contributed by atoms with Crippen molar-refractivity contribution in [2.45, 2.75) is 44.5 Å². The third kappa shape index (κ3) is 5.06. The van der Waals surface area contributed by atoms with Crippen LogP contribution in [0.5, 0.6) is 0 Å². The molecule has 0 radical (unpaired) electrons. The van der Waals surface area contributed by atoms with Crippen LogP contribution in [0.1, 0.15) is 43.5 Å². The number of nitrogens with one attached hydrogen (secondary N) is 2. The van der Waals surface area contributed by atoms with E-state index in [4.69, 9.17) is 0 Å². The van der Waals surface area contributed by atoms with E-state index in [1.807, 2.05) is 0 Å². The first-order valence-corrected chi connectivity index (χ1v) is 11.3. The number of rotatable bonds is 6. The van der Waals surface area contributed by atoms with Crippen LogP contribution in [-0.4, -0.2) is 60.1 Å². The molecule has 0 aromatic heterocycles. The van der Waals surface area contributed by atoms with Gasteiger partial charge in [-0.2, -0.15) is 0 Å². The highest BCUT2D eigenvalue weighted by molar-refractivity contribution is 8.00. The molecule has 0 aliphatic carbocycles. The van der Waals surface area contributed by atoms with E-state index in [0.29, 0.717) is 17.9 Å². The van der Waals surface area contributed by atoms with Crippen LogP contribution in [0, 0.1) is 11.7 Å². The first-order chi connectivity index (χ1) is 13.5. The fourth-order valence-electron chi connectivity index (χ4n) is 4.02. The summed E-state index contributed by atoms with van der Waals surface area (Å²) in [5.74, 6) is 0.165. The highest BCUT2D eigenvalue weighted by atomic mass is 32.2. The van der Waals surface area contributed by atoms with Crippen molar-refractivity contribution < 1.29 is 18.9 Å². The van der Waals surface area contributed by atoms with Crippen LogP contribution in [0.4, 0.5) is 4.39 Å². The van der Waals surface area contributed by atoms with E-state index >= 15 is 0 Å². The number of hydrogen-bond donors (Lipinski definition) is 2. The zero-order chi connectivity index (χ0) is 20.1. The summed E-state index contributed by atoms with van der Waals surface area (Å²) in [6, 6.07) is 5.08. The van der Waals surface area contributed by atoms with Gasteiger partial charge in [-0.15, -0.1) is 11.8 Å². The zero-order valence-electron chi connectivity index (χ0n) is 16.7. The highest BCUT2D eigenvalue weighted by Crippen LogP contribution is 2.35. The molecule has 7 heteroatoms. The lowest BCUT2D eigenvalue weighted by atomic mass is 10.1. The minimum Gasteiger partial charge on any atom is -0.349 e. The second-order valence-corrected chi connectivity index (χ2v) is 9.20. The third-order valence-electron chi connectivity index (χ3n) is 5.57. The molecule has 28 heavy (non-hydrogen) atoms. The molecule has 5 nitrogen and oxygen atoms in total. The summed E-state index contributed by atoms with van der Waals surface area (Å²) in [6.45, 7) is 8.05. The topological polar surface area (TPSA) is 53.9 Å². The Hall–Kier alpha value is -1.60. The van der Waals surface area contributed by atoms with Crippen molar-refractivity contribution in [1.82, 2.24) is 10.2 Å². The van der Waals surface area contributed by atoms with Gasteiger partial charge in [-0.25, -0.2) is 4.39 Å². The fourth-order valence-corrected chi connectivity index (χ4v) is 5.50. The number of likely N-dealkylation sites (tertiary alicyclic amines) is 1. The standard InChI is InChI=1S/C21H30FN3O2S/c1-15(2)21-25(20(27)16-6-8-17(22)9-7-16)18(14-28-21)19(26)23-10-13-24-11-4-3-5-12-24/h6-9,15,18,21H,3-5,10-14H2,1-2H3,(H,23,26)/p+1/t18-,21-/m1/s1. The van der Waals surface area contributed by atoms with E-state index in [1.165, 1.54) is 56.6 Å². The van der Waals surface area contributed by atoms with Crippen LogP contribution in [0.2, 0.25) is 0 Å². The number of thioether (sulfide) groups is 1. The summed E-state index contributed by atoms with van der Waals surface area (Å²) in [5.41, 5.74) is 0.421. The van der Waals surface area contributed by atoms with E-state index in [0.717, 1.165) is 6.54 Å². The number of amides is 2. The average Bonchev–Trinajstić information content (AvgIpc) is 3.14. The Kier molecular flexibility index (Phi) is 7.35. The SMILES string of the molecule is CC(C)[C@H]1SC[C@H](C(=O)NCC[NH+]2CCCCC2)N1C(=O)c1ccc(F)cc1. The monoisotopic (exact) mass is 408 g/mol. The number of nitrogens with zero attached hydrogens (tertiary/aromatic N) is 1. The molecular formula is C21H31FN3O2S+. The van der Waals surface area contributed by atoms with Crippen molar-refractivity contribution >= 4 is 23.6 Å². The number of hydrogen-bond acceptors (Lipinski definition) is 3. The van der Waals surface area contributed by atoms with Crippen LogP contribution in [0.25, 0.3) is 0 Å². The molecule has 2 N–H and O–H groups in total. The summed E-state index contributed by atoms with van der Waals surface area (Å²) in [5, 5.41) is 3.00. The predicted octanol–water partition coefficient (Wildman–Crippen LogP) is 1.55. The van der Waals surface area contributed by atoms with Crippen molar-refractivity contribution in [1.29, 1.82) is 0 Å². The number of carbonyl (C=O) groups excluding carboxylic acids is 2. The smallest absolute Gasteiger partial charge is 0.255 e. The lowest BCUT2D eigenvalue weighted by Crippen LogP contribution is -3.13. The minimum absolute atomic E-state index is 0.0546. The Balaban J connectivity index is 1.64. The number of piperidine rings is 1. The highest BCUT2D eigenvalue weighted by Gasteiger charge is 2.43. The molecule has 0 unspecified atom stereocenters. The van der Waals surface area contributed by atoms with Gasteiger partial charge in [0.2, 0.25) is 5.91 Å². The molecule has 2 saturated heterocycles. The first-order valence-electron chi connectivity index (χ1n) is 10.3. The molecule has 2 atom stereocenters. The normalized spacial score (nSPS) is 23.2. The van der Waals surface area contributed by atoms with E-state index in [-0.39, 0.29) is 28.9 Å². The first kappa shape index (κ1) is 21.1. The number of quaternary nitrogens is 1. The van der Waals surface area contributed by atoms with Gasteiger partial charge in [0, 0.05) is 11.3 Å². The molecule has 2 aliphatic rings. The molecule has 1 aromatic carbocycles. The van der Waals surface area contributed by atoms with Gasteiger partial charge in [0.05, 0.1) is 31.6 Å². The van der Waals surface area contributed by atoms with Crippen LogP contribution in [0.15, 0.2) is 24.3 Å². The van der Waals surface area contributed by atoms with E-state index < -0.39 is 6.04 Å². The van der Waals surface area contributed by atoms with Gasteiger partial charge in [-0.05, 0) is 49.4 Å². The molecule has 2 amide bonds. The maximum atomic E-state index is 13.2. The molecule has 0 bridgehead atoms. The molecular weight excluding hydrogens is 377 g/mol. The summed E-state index contributed by atoms with van der Waals surface area (Å²) in [4.78, 5) is 29.2. The summed E-state index contributed by atoms with van der Waals surface area (Å²) in [7, 11) is 0. The minimum atomic E-state index is -0.480. The average molecular weight is 409 g/mol. The van der Waals surface area contributed by atoms with Crippen LogP contribution in [-0.2, 0) is 4.79 Å². The van der Waals surface area contributed by atoms with E-state index in [1.54, 1.807) is 21.6 Å². The van der Waals surface area contributed by atoms with Crippen LogP contribution < -0.4 is 10.2 Å². The predicted molar refractivity (Wildman–Crippen MR) is 110 cm³/mol. The molecule has 2 fully saturated rings. The maximum Gasteiger partial charge on any atom is 0.255 e. The maximum absolute atomic E-state index is 13.2. The van der Waals surface area contributed by atoms with Crippen molar-refractivity contribution in [3.8, 4) is 0 Å². The van der Waals surface area contributed by atoms with Gasteiger partial charge in [0.1, 0.15) is 11.9 Å². The van der Waals surface area contributed by atoms with Gasteiger partial charge in [-0.1, -0.05) is 13.8 Å². The third-order valence-corrected chi connectivity index (χ3v) is 7.19. The molecule has 0 spiro atoms. The lowest BCUT2D eigenvalue weighted by Gasteiger charge is -2.31. The molecule has 2 aliphatic heterocycles. The quantitative estimate of drug-likeness (QED) is 0.751. The number of benzene rings is 1. The van der Waals surface area contributed by atoms with Gasteiger partial charge < -0.3 is 15.1 Å². The number of halogens is 1. The van der Waals surface area contributed by atoms with Crippen LogP contribution >= 0.6 is 11.8 Å². The van der Waals surface area contributed by atoms with Crippen molar-refractivity contribution in [2.24, 2.45) is 5.92 Å². The molecule has 154 valence electrons. The molecule has 2 heterocycles. The Labute approximate surface area is 171 Å². The van der Waals surface area contributed by atoms with E-state index in [9.17, 15) is 14.0 Å². The largest absolute Gasteiger partial charge is 0.349 e. The van der Waals surface area contributed by atoms with Crippen LogP contribution in [0.3, 0.4) is 0 Å². The molecule has 1 aromatic rings. The van der Waals surface area contributed by atoms with Crippen molar-refractivity contribution in [3.05, 3.63) is 35.6 Å². The van der Waals surface area contributed by atoms with Gasteiger partial charge >= 0.3 is 0 Å². The number of carbonyl (C=O) groups is 2. The second-order valence-electron chi connectivity index (χ2n) is 8.05. The summed E-state index contributed by atoms with van der Waals surface area (Å²) < 4.78 is 13.2.